The minimum Gasteiger partial charge on any atom is -0.384 e. The maximum absolute atomic E-state index is 5.74. The minimum atomic E-state index is 0.539. The lowest BCUT2D eigenvalue weighted by Crippen LogP contribution is -2.05. The third kappa shape index (κ3) is 2.28. The number of hydrogen-bond acceptors (Lipinski definition) is 3. The Kier molecular flexibility index (Phi) is 2.89. The van der Waals surface area contributed by atoms with Gasteiger partial charge in [-0.3, -0.25) is 0 Å². The van der Waals surface area contributed by atoms with Crippen LogP contribution in [0.25, 0.3) is 0 Å². The van der Waals surface area contributed by atoms with E-state index in [2.05, 4.69) is 16.9 Å². The Morgan fingerprint density at radius 3 is 2.80 bits per heavy atom. The molecule has 2 rings (SSSR count). The zero-order valence-corrected chi connectivity index (χ0v) is 9.53. The standard InChI is InChI=1S/C12H19N3/c1-3-9-4-5-10(7-9)12-14-8(2)6-11(13)15-12/h6,9-10H,3-5,7H2,1-2H3,(H2,13,14,15). The molecule has 1 saturated carbocycles. The summed E-state index contributed by atoms with van der Waals surface area (Å²) in [5.74, 6) is 2.97. The van der Waals surface area contributed by atoms with Gasteiger partial charge in [-0.15, -0.1) is 0 Å². The minimum absolute atomic E-state index is 0.539. The molecule has 0 aliphatic heterocycles. The van der Waals surface area contributed by atoms with Crippen molar-refractivity contribution in [1.82, 2.24) is 9.97 Å². The molecule has 0 saturated heterocycles. The first-order valence-electron chi connectivity index (χ1n) is 5.80. The molecule has 3 nitrogen and oxygen atoms in total. The number of anilines is 1. The fourth-order valence-corrected chi connectivity index (χ4v) is 2.48. The maximum Gasteiger partial charge on any atom is 0.134 e. The Morgan fingerprint density at radius 1 is 1.40 bits per heavy atom. The van der Waals surface area contributed by atoms with Gasteiger partial charge in [0.05, 0.1) is 0 Å². The summed E-state index contributed by atoms with van der Waals surface area (Å²) in [6.07, 6.45) is 5.05. The van der Waals surface area contributed by atoms with Crippen LogP contribution in [0.4, 0.5) is 5.82 Å². The molecule has 2 atom stereocenters. The molecule has 3 heteroatoms. The summed E-state index contributed by atoms with van der Waals surface area (Å²) in [6, 6.07) is 1.83. The second kappa shape index (κ2) is 4.17. The molecular formula is C12H19N3. The second-order valence-electron chi connectivity index (χ2n) is 4.58. The maximum atomic E-state index is 5.74. The van der Waals surface area contributed by atoms with Crippen LogP contribution in [-0.4, -0.2) is 9.97 Å². The first kappa shape index (κ1) is 10.4. The molecule has 82 valence electrons. The van der Waals surface area contributed by atoms with E-state index >= 15 is 0 Å². The molecule has 1 fully saturated rings. The Morgan fingerprint density at radius 2 is 2.20 bits per heavy atom. The molecule has 1 aliphatic rings. The number of aryl methyl sites for hydroxylation is 1. The quantitative estimate of drug-likeness (QED) is 0.807. The van der Waals surface area contributed by atoms with Crippen LogP contribution in [0, 0.1) is 12.8 Å². The molecule has 0 bridgehead atoms. The molecule has 0 spiro atoms. The Hall–Kier alpha value is -1.12. The molecule has 0 radical (unpaired) electrons. The van der Waals surface area contributed by atoms with Crippen molar-refractivity contribution in [3.8, 4) is 0 Å². The molecule has 2 N–H and O–H groups in total. The summed E-state index contributed by atoms with van der Waals surface area (Å²) in [5.41, 5.74) is 6.73. The average molecular weight is 205 g/mol. The van der Waals surface area contributed by atoms with Crippen LogP contribution < -0.4 is 5.73 Å². The first-order chi connectivity index (χ1) is 7.19. The highest BCUT2D eigenvalue weighted by atomic mass is 15.0. The summed E-state index contributed by atoms with van der Waals surface area (Å²) in [5, 5.41) is 0. The predicted molar refractivity (Wildman–Crippen MR) is 61.6 cm³/mol. The van der Waals surface area contributed by atoms with Crippen molar-refractivity contribution in [3.63, 3.8) is 0 Å². The number of nitrogen functional groups attached to an aromatic ring is 1. The van der Waals surface area contributed by atoms with Crippen molar-refractivity contribution in [2.24, 2.45) is 5.92 Å². The number of rotatable bonds is 2. The molecule has 0 amide bonds. The molecule has 0 aromatic carbocycles. The van der Waals surface area contributed by atoms with E-state index in [0.717, 1.165) is 17.4 Å². The third-order valence-electron chi connectivity index (χ3n) is 3.38. The highest BCUT2D eigenvalue weighted by Crippen LogP contribution is 2.38. The summed E-state index contributed by atoms with van der Waals surface area (Å²) >= 11 is 0. The van der Waals surface area contributed by atoms with Crippen LogP contribution in [0.1, 0.15) is 50.0 Å². The van der Waals surface area contributed by atoms with Crippen LogP contribution in [0.2, 0.25) is 0 Å². The van der Waals surface area contributed by atoms with Crippen molar-refractivity contribution in [1.29, 1.82) is 0 Å². The van der Waals surface area contributed by atoms with Crippen LogP contribution in [0.3, 0.4) is 0 Å². The predicted octanol–water partition coefficient (Wildman–Crippen LogP) is 2.66. The third-order valence-corrected chi connectivity index (χ3v) is 3.38. The van der Waals surface area contributed by atoms with Crippen LogP contribution in [0.5, 0.6) is 0 Å². The van der Waals surface area contributed by atoms with Crippen molar-refractivity contribution in [2.75, 3.05) is 5.73 Å². The van der Waals surface area contributed by atoms with Gasteiger partial charge in [-0.25, -0.2) is 9.97 Å². The smallest absolute Gasteiger partial charge is 0.134 e. The second-order valence-corrected chi connectivity index (χ2v) is 4.58. The largest absolute Gasteiger partial charge is 0.384 e. The zero-order valence-electron chi connectivity index (χ0n) is 9.53. The summed E-state index contributed by atoms with van der Waals surface area (Å²) in [6.45, 7) is 4.24. The van der Waals surface area contributed by atoms with Gasteiger partial charge >= 0.3 is 0 Å². The SMILES string of the molecule is CCC1CCC(c2nc(C)cc(N)n2)C1. The monoisotopic (exact) mass is 205 g/mol. The normalized spacial score (nSPS) is 25.7. The van der Waals surface area contributed by atoms with E-state index < -0.39 is 0 Å². The lowest BCUT2D eigenvalue weighted by atomic mass is 10.0. The summed E-state index contributed by atoms with van der Waals surface area (Å²) < 4.78 is 0. The molecule has 1 heterocycles. The molecular weight excluding hydrogens is 186 g/mol. The van der Waals surface area contributed by atoms with Crippen molar-refractivity contribution < 1.29 is 0 Å². The first-order valence-corrected chi connectivity index (χ1v) is 5.80. The zero-order chi connectivity index (χ0) is 10.8. The van der Waals surface area contributed by atoms with E-state index in [1.807, 2.05) is 13.0 Å². The van der Waals surface area contributed by atoms with Gasteiger partial charge in [0.15, 0.2) is 0 Å². The van der Waals surface area contributed by atoms with Crippen LogP contribution in [-0.2, 0) is 0 Å². The van der Waals surface area contributed by atoms with Gasteiger partial charge in [-0.05, 0) is 32.1 Å². The van der Waals surface area contributed by atoms with E-state index in [4.69, 9.17) is 5.73 Å². The molecule has 1 aromatic heterocycles. The van der Waals surface area contributed by atoms with Crippen LogP contribution >= 0.6 is 0 Å². The highest BCUT2D eigenvalue weighted by Gasteiger charge is 2.26. The van der Waals surface area contributed by atoms with Gasteiger partial charge in [0, 0.05) is 17.7 Å². The van der Waals surface area contributed by atoms with Crippen LogP contribution in [0.15, 0.2) is 6.07 Å². The van der Waals surface area contributed by atoms with E-state index in [9.17, 15) is 0 Å². The van der Waals surface area contributed by atoms with E-state index in [-0.39, 0.29) is 0 Å². The van der Waals surface area contributed by atoms with Gasteiger partial charge in [0.1, 0.15) is 11.6 Å². The summed E-state index contributed by atoms with van der Waals surface area (Å²) in [4.78, 5) is 8.85. The number of hydrogen-bond donors (Lipinski definition) is 1. The van der Waals surface area contributed by atoms with Gasteiger partial charge in [0.2, 0.25) is 0 Å². The molecule has 15 heavy (non-hydrogen) atoms. The molecule has 2 unspecified atom stereocenters. The van der Waals surface area contributed by atoms with Gasteiger partial charge in [0.25, 0.3) is 0 Å². The fourth-order valence-electron chi connectivity index (χ4n) is 2.48. The lowest BCUT2D eigenvalue weighted by Gasteiger charge is -2.10. The Balaban J connectivity index is 2.16. The Labute approximate surface area is 91.1 Å². The number of nitrogens with two attached hydrogens (primary N) is 1. The van der Waals surface area contributed by atoms with E-state index in [1.165, 1.54) is 25.7 Å². The fraction of sp³-hybridized carbons (Fsp3) is 0.667. The van der Waals surface area contributed by atoms with E-state index in [1.54, 1.807) is 0 Å². The number of nitrogens with zero attached hydrogens (tertiary/aromatic N) is 2. The average Bonchev–Trinajstić information content (AvgIpc) is 2.64. The molecule has 1 aliphatic carbocycles. The lowest BCUT2D eigenvalue weighted by molar-refractivity contribution is 0.516. The number of aromatic nitrogens is 2. The Bertz CT molecular complexity index is 328. The van der Waals surface area contributed by atoms with Gasteiger partial charge < -0.3 is 5.73 Å². The van der Waals surface area contributed by atoms with Gasteiger partial charge in [-0.1, -0.05) is 13.3 Å². The van der Waals surface area contributed by atoms with Crippen molar-refractivity contribution in [3.05, 3.63) is 17.6 Å². The topological polar surface area (TPSA) is 51.8 Å². The van der Waals surface area contributed by atoms with Crippen molar-refractivity contribution in [2.45, 2.75) is 45.4 Å². The van der Waals surface area contributed by atoms with E-state index in [0.29, 0.717) is 11.7 Å². The van der Waals surface area contributed by atoms with Gasteiger partial charge in [-0.2, -0.15) is 0 Å². The highest BCUT2D eigenvalue weighted by molar-refractivity contribution is 5.30. The summed E-state index contributed by atoms with van der Waals surface area (Å²) in [7, 11) is 0. The molecule has 1 aromatic rings. The van der Waals surface area contributed by atoms with Crippen molar-refractivity contribution >= 4 is 5.82 Å².